The molecular weight excluding hydrogens is 488 g/mol. The van der Waals surface area contributed by atoms with Gasteiger partial charge in [0.1, 0.15) is 5.60 Å². The van der Waals surface area contributed by atoms with E-state index in [-0.39, 0.29) is 6.09 Å². The van der Waals surface area contributed by atoms with Crippen molar-refractivity contribution >= 4 is 36.0 Å². The SMILES string of the molecule is CC(C)(C)OC(=O)N1CCC[C@@]1(C)/C=C/N(S(=O)[O-])[Si](c1ccccc1)(c1ccccc1)C(C)(C)C. The molecule has 0 spiro atoms. The first-order valence-electron chi connectivity index (χ1n) is 12.4. The van der Waals surface area contributed by atoms with Crippen molar-refractivity contribution in [2.75, 3.05) is 6.54 Å². The quantitative estimate of drug-likeness (QED) is 0.394. The first-order chi connectivity index (χ1) is 16.7. The number of carbonyl (C=O) groups is 1. The fourth-order valence-electron chi connectivity index (χ4n) is 5.25. The Hall–Kier alpha value is -2.42. The molecule has 0 radical (unpaired) electrons. The summed E-state index contributed by atoms with van der Waals surface area (Å²) < 4.78 is 33.3. The maximum Gasteiger partial charge on any atom is 0.410 e. The second kappa shape index (κ2) is 10.5. The summed E-state index contributed by atoms with van der Waals surface area (Å²) in [6.07, 6.45) is 4.73. The molecule has 0 saturated carbocycles. The van der Waals surface area contributed by atoms with Crippen LogP contribution in [0.2, 0.25) is 5.04 Å². The van der Waals surface area contributed by atoms with Gasteiger partial charge in [-0.25, -0.2) is 4.79 Å². The molecule has 1 unspecified atom stereocenters. The molecule has 0 bridgehead atoms. The molecule has 36 heavy (non-hydrogen) atoms. The number of rotatable bonds is 6. The third-order valence-corrected chi connectivity index (χ3v) is 13.9. The average Bonchev–Trinajstić information content (AvgIpc) is 3.17. The van der Waals surface area contributed by atoms with E-state index < -0.39 is 35.7 Å². The first kappa shape index (κ1) is 28.2. The van der Waals surface area contributed by atoms with Crippen LogP contribution in [0.3, 0.4) is 0 Å². The summed E-state index contributed by atoms with van der Waals surface area (Å²) in [5.74, 6) is 0. The zero-order chi connectivity index (χ0) is 26.8. The van der Waals surface area contributed by atoms with E-state index in [1.807, 2.05) is 94.4 Å². The molecule has 196 valence electrons. The highest BCUT2D eigenvalue weighted by Gasteiger charge is 2.53. The van der Waals surface area contributed by atoms with Gasteiger partial charge in [-0.1, -0.05) is 81.4 Å². The Balaban J connectivity index is 2.17. The van der Waals surface area contributed by atoms with Crippen LogP contribution in [-0.2, 0) is 16.0 Å². The highest BCUT2D eigenvalue weighted by Crippen LogP contribution is 2.40. The minimum atomic E-state index is -3.13. The number of benzene rings is 2. The average molecular weight is 528 g/mol. The lowest BCUT2D eigenvalue weighted by Gasteiger charge is -2.51. The summed E-state index contributed by atoms with van der Waals surface area (Å²) in [4.78, 5) is 14.7. The van der Waals surface area contributed by atoms with E-state index in [0.717, 1.165) is 23.2 Å². The van der Waals surface area contributed by atoms with Gasteiger partial charge in [0.15, 0.2) is 0 Å². The fraction of sp³-hybridized carbons (Fsp3) is 0.464. The number of ether oxygens (including phenoxy) is 1. The number of amides is 1. The summed E-state index contributed by atoms with van der Waals surface area (Å²) >= 11 is -2.55. The second-order valence-corrected chi connectivity index (χ2v) is 17.4. The van der Waals surface area contributed by atoms with E-state index >= 15 is 0 Å². The van der Waals surface area contributed by atoms with Crippen LogP contribution < -0.4 is 10.4 Å². The summed E-state index contributed by atoms with van der Waals surface area (Å²) in [5.41, 5.74) is -1.27. The molecule has 1 saturated heterocycles. The van der Waals surface area contributed by atoms with E-state index in [4.69, 9.17) is 4.74 Å². The highest BCUT2D eigenvalue weighted by molar-refractivity contribution is 7.78. The predicted molar refractivity (Wildman–Crippen MR) is 148 cm³/mol. The van der Waals surface area contributed by atoms with Crippen LogP contribution in [0.5, 0.6) is 0 Å². The van der Waals surface area contributed by atoms with Crippen LogP contribution in [0.15, 0.2) is 72.9 Å². The lowest BCUT2D eigenvalue weighted by Crippen LogP contribution is -2.73. The lowest BCUT2D eigenvalue weighted by atomic mass is 9.99. The highest BCUT2D eigenvalue weighted by atomic mass is 32.2. The monoisotopic (exact) mass is 527 g/mol. The van der Waals surface area contributed by atoms with Crippen molar-refractivity contribution < 1.29 is 18.3 Å². The van der Waals surface area contributed by atoms with Crippen LogP contribution in [0.1, 0.15) is 61.3 Å². The van der Waals surface area contributed by atoms with Gasteiger partial charge in [0.2, 0.25) is 8.24 Å². The summed E-state index contributed by atoms with van der Waals surface area (Å²) in [7, 11) is -3.13. The van der Waals surface area contributed by atoms with Crippen molar-refractivity contribution in [2.24, 2.45) is 0 Å². The van der Waals surface area contributed by atoms with Gasteiger partial charge in [-0.15, -0.1) is 0 Å². The Morgan fingerprint density at radius 3 is 1.94 bits per heavy atom. The first-order valence-corrected chi connectivity index (χ1v) is 15.4. The smallest absolute Gasteiger partial charge is 0.410 e. The Bertz CT molecular complexity index is 1060. The van der Waals surface area contributed by atoms with Crippen molar-refractivity contribution in [2.45, 2.75) is 77.5 Å². The molecule has 1 aliphatic rings. The molecule has 2 aromatic rings. The maximum atomic E-state index is 13.1. The van der Waals surface area contributed by atoms with Crippen LogP contribution in [0.4, 0.5) is 4.79 Å². The molecule has 1 amide bonds. The zero-order valence-corrected chi connectivity index (χ0v) is 24.3. The van der Waals surface area contributed by atoms with Crippen molar-refractivity contribution in [3.05, 3.63) is 72.9 Å². The van der Waals surface area contributed by atoms with Crippen LogP contribution in [0, 0.1) is 0 Å². The minimum absolute atomic E-state index is 0.382. The van der Waals surface area contributed by atoms with Gasteiger partial charge in [0.25, 0.3) is 0 Å². The molecule has 3 rings (SSSR count). The van der Waals surface area contributed by atoms with Crippen LogP contribution >= 0.6 is 0 Å². The molecule has 0 aliphatic carbocycles. The van der Waals surface area contributed by atoms with Crippen LogP contribution in [-0.4, -0.2) is 49.6 Å². The lowest BCUT2D eigenvalue weighted by molar-refractivity contribution is 0.0168. The van der Waals surface area contributed by atoms with Crippen molar-refractivity contribution in [3.63, 3.8) is 0 Å². The molecule has 6 nitrogen and oxygen atoms in total. The van der Waals surface area contributed by atoms with Gasteiger partial charge in [-0.2, -0.15) is 0 Å². The van der Waals surface area contributed by atoms with Crippen molar-refractivity contribution in [3.8, 4) is 0 Å². The topological polar surface area (TPSA) is 72.9 Å². The standard InChI is InChI=1S/C28H40N2O4SSi/c1-26(2,3)34-25(31)29-21-14-19-28(29,7)20-22-30(35(32)33)36(27(4,5)6,23-15-10-8-11-16-23)24-17-12-9-13-18-24/h8-13,15-18,20,22H,14,19,21H2,1-7H3,(H,32,33)/p-1/b22-20+/t28-/m0/s1. The number of nitrogens with zero attached hydrogens (tertiary/aromatic N) is 2. The second-order valence-electron chi connectivity index (χ2n) is 11.6. The van der Waals surface area contributed by atoms with Gasteiger partial charge in [0, 0.05) is 24.0 Å². The number of hydrogen-bond donors (Lipinski definition) is 0. The molecule has 2 aromatic carbocycles. The van der Waals surface area contributed by atoms with Gasteiger partial charge >= 0.3 is 6.09 Å². The number of likely N-dealkylation sites (tertiary alicyclic amines) is 1. The van der Waals surface area contributed by atoms with Crippen LogP contribution in [0.25, 0.3) is 0 Å². The van der Waals surface area contributed by atoms with E-state index in [0.29, 0.717) is 6.54 Å². The Kier molecular flexibility index (Phi) is 8.22. The minimum Gasteiger partial charge on any atom is -0.756 e. The molecule has 1 fully saturated rings. The van der Waals surface area contributed by atoms with Gasteiger partial charge in [-0.05, 0) is 62.0 Å². The Labute approximate surface area is 219 Å². The third kappa shape index (κ3) is 5.60. The predicted octanol–water partition coefficient (Wildman–Crippen LogP) is 4.95. The van der Waals surface area contributed by atoms with E-state index in [1.165, 1.54) is 0 Å². The van der Waals surface area contributed by atoms with E-state index in [9.17, 15) is 13.6 Å². The molecule has 1 heterocycles. The number of carbonyl (C=O) groups excluding carboxylic acids is 1. The Morgan fingerprint density at radius 1 is 1.03 bits per heavy atom. The van der Waals surface area contributed by atoms with Crippen molar-refractivity contribution in [1.29, 1.82) is 0 Å². The normalized spacial score (nSPS) is 19.9. The zero-order valence-electron chi connectivity index (χ0n) is 22.5. The van der Waals surface area contributed by atoms with Gasteiger partial charge in [-0.3, -0.25) is 9.11 Å². The van der Waals surface area contributed by atoms with E-state index in [2.05, 4.69) is 20.8 Å². The molecule has 1 aliphatic heterocycles. The van der Waals surface area contributed by atoms with E-state index in [1.54, 1.807) is 15.1 Å². The number of hydrogen-bond acceptors (Lipinski definition) is 4. The fourth-order valence-corrected chi connectivity index (χ4v) is 12.6. The van der Waals surface area contributed by atoms with Gasteiger partial charge in [0.05, 0.1) is 5.54 Å². The summed E-state index contributed by atoms with van der Waals surface area (Å²) in [5, 5.41) is 1.60. The summed E-state index contributed by atoms with van der Waals surface area (Å²) in [6.45, 7) is 14.4. The molecule has 0 aromatic heterocycles. The maximum absolute atomic E-state index is 13.1. The third-order valence-electron chi connectivity index (χ3n) is 6.82. The van der Waals surface area contributed by atoms with Gasteiger partial charge < -0.3 is 13.3 Å². The largest absolute Gasteiger partial charge is 0.756 e. The summed E-state index contributed by atoms with van der Waals surface area (Å²) in [6, 6.07) is 19.9. The molecule has 0 N–H and O–H groups in total. The Morgan fingerprint density at radius 2 is 1.53 bits per heavy atom. The molecule has 2 atom stereocenters. The molecular formula is C28H39N2O4SSi-. The molecule has 8 heteroatoms. The van der Waals surface area contributed by atoms with Crippen molar-refractivity contribution in [1.82, 2.24) is 8.87 Å².